The van der Waals surface area contributed by atoms with E-state index < -0.39 is 5.97 Å². The molecule has 0 aliphatic carbocycles. The number of aliphatic carboxylic acids is 1. The van der Waals surface area contributed by atoms with Gasteiger partial charge in [-0.3, -0.25) is 4.79 Å². The van der Waals surface area contributed by atoms with Crippen molar-refractivity contribution in [2.45, 2.75) is 6.42 Å². The van der Waals surface area contributed by atoms with Gasteiger partial charge in [-0.05, 0) is 18.2 Å². The van der Waals surface area contributed by atoms with Crippen LogP contribution in [0.25, 0.3) is 0 Å². The lowest BCUT2D eigenvalue weighted by atomic mass is 10.1. The molecule has 0 aliphatic heterocycles. The van der Waals surface area contributed by atoms with Crippen molar-refractivity contribution in [2.24, 2.45) is 0 Å². The molecule has 0 aromatic heterocycles. The second kappa shape index (κ2) is 5.91. The molecule has 0 saturated carbocycles. The van der Waals surface area contributed by atoms with Crippen molar-refractivity contribution in [1.82, 2.24) is 0 Å². The molecule has 2 rings (SSSR count). The number of methoxy groups -OCH3 is 1. The Morgan fingerprint density at radius 3 is 2.47 bits per heavy atom. The predicted octanol–water partition coefficient (Wildman–Crippen LogP) is 3.11. The highest BCUT2D eigenvalue weighted by atomic mass is 16.5. The van der Waals surface area contributed by atoms with Crippen molar-refractivity contribution in [3.63, 3.8) is 0 Å². The van der Waals surface area contributed by atoms with Gasteiger partial charge in [0.05, 0.1) is 13.5 Å². The molecular formula is C15H14O4. The molecule has 0 unspecified atom stereocenters. The Bertz CT molecular complexity index is 564. The maximum atomic E-state index is 10.8. The van der Waals surface area contributed by atoms with Crippen LogP contribution in [0.4, 0.5) is 0 Å². The molecule has 4 heteroatoms. The van der Waals surface area contributed by atoms with E-state index in [0.29, 0.717) is 22.8 Å². The molecule has 0 fully saturated rings. The minimum absolute atomic E-state index is 0.0911. The van der Waals surface area contributed by atoms with E-state index in [1.165, 1.54) is 0 Å². The van der Waals surface area contributed by atoms with Crippen LogP contribution in [0.1, 0.15) is 5.56 Å². The summed E-state index contributed by atoms with van der Waals surface area (Å²) in [6.07, 6.45) is -0.0911. The van der Waals surface area contributed by atoms with Crippen LogP contribution >= 0.6 is 0 Å². The molecular weight excluding hydrogens is 244 g/mol. The average Bonchev–Trinajstić information content (AvgIpc) is 2.41. The van der Waals surface area contributed by atoms with Crippen LogP contribution in [0, 0.1) is 0 Å². The summed E-state index contributed by atoms with van der Waals surface area (Å²) in [5.74, 6) is 0.874. The van der Waals surface area contributed by atoms with Crippen LogP contribution in [0.2, 0.25) is 0 Å². The fraction of sp³-hybridized carbons (Fsp3) is 0.133. The third kappa shape index (κ3) is 3.48. The summed E-state index contributed by atoms with van der Waals surface area (Å²) in [6.45, 7) is 0. The molecule has 2 aromatic rings. The summed E-state index contributed by atoms with van der Waals surface area (Å²) in [7, 11) is 1.55. The van der Waals surface area contributed by atoms with E-state index in [4.69, 9.17) is 14.6 Å². The van der Waals surface area contributed by atoms with Crippen molar-refractivity contribution < 1.29 is 19.4 Å². The van der Waals surface area contributed by atoms with Gasteiger partial charge in [0.2, 0.25) is 0 Å². The van der Waals surface area contributed by atoms with Crippen molar-refractivity contribution in [1.29, 1.82) is 0 Å². The summed E-state index contributed by atoms with van der Waals surface area (Å²) in [5.41, 5.74) is 0.608. The van der Waals surface area contributed by atoms with Gasteiger partial charge in [0, 0.05) is 11.6 Å². The van der Waals surface area contributed by atoms with Gasteiger partial charge in [0.1, 0.15) is 17.2 Å². The van der Waals surface area contributed by atoms with Crippen LogP contribution in [-0.2, 0) is 11.2 Å². The maximum absolute atomic E-state index is 10.8. The molecule has 0 radical (unpaired) electrons. The first-order valence-electron chi connectivity index (χ1n) is 5.80. The fourth-order valence-corrected chi connectivity index (χ4v) is 1.68. The van der Waals surface area contributed by atoms with Gasteiger partial charge in [-0.1, -0.05) is 24.3 Å². The van der Waals surface area contributed by atoms with Gasteiger partial charge in [-0.25, -0.2) is 0 Å². The number of benzene rings is 2. The Kier molecular flexibility index (Phi) is 4.03. The average molecular weight is 258 g/mol. The first kappa shape index (κ1) is 13.0. The molecule has 2 aromatic carbocycles. The first-order chi connectivity index (χ1) is 9.19. The van der Waals surface area contributed by atoms with Crippen molar-refractivity contribution >= 4 is 5.97 Å². The zero-order chi connectivity index (χ0) is 13.7. The molecule has 0 aliphatic rings. The van der Waals surface area contributed by atoms with E-state index in [1.54, 1.807) is 25.3 Å². The number of para-hydroxylation sites is 1. The highest BCUT2D eigenvalue weighted by Gasteiger charge is 2.10. The minimum atomic E-state index is -0.900. The number of carboxylic acid groups (broad SMARTS) is 1. The van der Waals surface area contributed by atoms with Crippen LogP contribution in [0.3, 0.4) is 0 Å². The minimum Gasteiger partial charge on any atom is -0.497 e. The summed E-state index contributed by atoms with van der Waals surface area (Å²) in [6, 6.07) is 14.3. The Balaban J connectivity index is 2.32. The van der Waals surface area contributed by atoms with Gasteiger partial charge in [-0.15, -0.1) is 0 Å². The number of hydrogen-bond donors (Lipinski definition) is 1. The van der Waals surface area contributed by atoms with E-state index in [1.807, 2.05) is 30.3 Å². The van der Waals surface area contributed by atoms with Crippen LogP contribution in [-0.4, -0.2) is 18.2 Å². The lowest BCUT2D eigenvalue weighted by Gasteiger charge is -2.11. The normalized spacial score (nSPS) is 9.95. The molecule has 19 heavy (non-hydrogen) atoms. The zero-order valence-electron chi connectivity index (χ0n) is 10.5. The molecule has 0 heterocycles. The van der Waals surface area contributed by atoms with Gasteiger partial charge < -0.3 is 14.6 Å². The van der Waals surface area contributed by atoms with E-state index in [2.05, 4.69) is 0 Å². The Hall–Kier alpha value is -2.49. The van der Waals surface area contributed by atoms with Gasteiger partial charge in [0.15, 0.2) is 0 Å². The number of hydrogen-bond acceptors (Lipinski definition) is 3. The molecule has 98 valence electrons. The maximum Gasteiger partial charge on any atom is 0.307 e. The summed E-state index contributed by atoms with van der Waals surface area (Å²) in [4.78, 5) is 10.8. The zero-order valence-corrected chi connectivity index (χ0v) is 10.5. The molecule has 0 spiro atoms. The standard InChI is InChI=1S/C15H14O4/c1-18-13-8-7-11(9-15(16)17)14(10-13)19-12-5-3-2-4-6-12/h2-8,10H,9H2,1H3,(H,16,17). The van der Waals surface area contributed by atoms with E-state index in [0.717, 1.165) is 0 Å². The van der Waals surface area contributed by atoms with Crippen LogP contribution < -0.4 is 9.47 Å². The summed E-state index contributed by atoms with van der Waals surface area (Å²) < 4.78 is 10.8. The Labute approximate surface area is 111 Å². The second-order valence-electron chi connectivity index (χ2n) is 3.96. The van der Waals surface area contributed by atoms with E-state index >= 15 is 0 Å². The molecule has 0 atom stereocenters. The van der Waals surface area contributed by atoms with Gasteiger partial charge in [0.25, 0.3) is 0 Å². The Morgan fingerprint density at radius 2 is 1.84 bits per heavy atom. The third-order valence-corrected chi connectivity index (χ3v) is 2.59. The highest BCUT2D eigenvalue weighted by Crippen LogP contribution is 2.29. The molecule has 0 saturated heterocycles. The lowest BCUT2D eigenvalue weighted by molar-refractivity contribution is -0.136. The Morgan fingerprint density at radius 1 is 1.11 bits per heavy atom. The number of rotatable bonds is 5. The summed E-state index contributed by atoms with van der Waals surface area (Å²) in [5, 5.41) is 8.90. The van der Waals surface area contributed by atoms with Crippen molar-refractivity contribution in [2.75, 3.05) is 7.11 Å². The number of ether oxygens (including phenoxy) is 2. The predicted molar refractivity (Wildman–Crippen MR) is 70.8 cm³/mol. The molecule has 1 N–H and O–H groups in total. The molecule has 4 nitrogen and oxygen atoms in total. The highest BCUT2D eigenvalue weighted by molar-refractivity contribution is 5.71. The number of carboxylic acids is 1. The van der Waals surface area contributed by atoms with Crippen molar-refractivity contribution in [3.8, 4) is 17.2 Å². The van der Waals surface area contributed by atoms with E-state index in [-0.39, 0.29) is 6.42 Å². The third-order valence-electron chi connectivity index (χ3n) is 2.59. The van der Waals surface area contributed by atoms with Crippen molar-refractivity contribution in [3.05, 3.63) is 54.1 Å². The lowest BCUT2D eigenvalue weighted by Crippen LogP contribution is -2.02. The fourth-order valence-electron chi connectivity index (χ4n) is 1.68. The van der Waals surface area contributed by atoms with E-state index in [9.17, 15) is 4.79 Å². The number of carbonyl (C=O) groups is 1. The monoisotopic (exact) mass is 258 g/mol. The smallest absolute Gasteiger partial charge is 0.307 e. The van der Waals surface area contributed by atoms with Crippen LogP contribution in [0.15, 0.2) is 48.5 Å². The van der Waals surface area contributed by atoms with Gasteiger partial charge in [-0.2, -0.15) is 0 Å². The largest absolute Gasteiger partial charge is 0.497 e. The molecule has 0 bridgehead atoms. The van der Waals surface area contributed by atoms with Crippen LogP contribution in [0.5, 0.6) is 17.2 Å². The van der Waals surface area contributed by atoms with Gasteiger partial charge >= 0.3 is 5.97 Å². The summed E-state index contributed by atoms with van der Waals surface area (Å²) >= 11 is 0. The quantitative estimate of drug-likeness (QED) is 0.895. The SMILES string of the molecule is COc1ccc(CC(=O)O)c(Oc2ccccc2)c1. The second-order valence-corrected chi connectivity index (χ2v) is 3.96. The topological polar surface area (TPSA) is 55.8 Å². The first-order valence-corrected chi connectivity index (χ1v) is 5.80. The molecule has 0 amide bonds.